The molecule has 0 atom stereocenters. The molecule has 0 aliphatic rings. The van der Waals surface area contributed by atoms with E-state index in [1.807, 2.05) is 27.1 Å². The zero-order valence-corrected chi connectivity index (χ0v) is 14.3. The molecule has 0 aliphatic heterocycles. The van der Waals surface area contributed by atoms with E-state index in [9.17, 15) is 0 Å². The van der Waals surface area contributed by atoms with Crippen LogP contribution >= 0.6 is 11.8 Å². The molecule has 0 N–H and O–H groups in total. The van der Waals surface area contributed by atoms with Gasteiger partial charge in [0, 0.05) is 36.0 Å². The molecule has 0 saturated heterocycles. The highest BCUT2D eigenvalue weighted by Gasteiger charge is 2.14. The van der Waals surface area contributed by atoms with Gasteiger partial charge in [0.25, 0.3) is 0 Å². The van der Waals surface area contributed by atoms with Crippen molar-refractivity contribution >= 4 is 11.8 Å². The molecule has 0 spiro atoms. The smallest absolute Gasteiger partial charge is 0.191 e. The number of nitrogens with zero attached hydrogens (tertiary/aromatic N) is 4. The number of methoxy groups -OCH3 is 1. The summed E-state index contributed by atoms with van der Waals surface area (Å²) in [5.74, 6) is 3.05. The second-order valence-corrected chi connectivity index (χ2v) is 6.33. The predicted molar refractivity (Wildman–Crippen MR) is 84.9 cm³/mol. The number of rotatable bonds is 5. The van der Waals surface area contributed by atoms with E-state index in [1.165, 1.54) is 0 Å². The number of hydrogen-bond donors (Lipinski definition) is 0. The molecular formula is C15H22N4OS. The zero-order chi connectivity index (χ0) is 15.6. The molecule has 0 aromatic carbocycles. The summed E-state index contributed by atoms with van der Waals surface area (Å²) < 4.78 is 7.50. The molecule has 2 heterocycles. The van der Waals surface area contributed by atoms with E-state index in [0.717, 1.165) is 39.3 Å². The quantitative estimate of drug-likeness (QED) is 0.794. The SMILES string of the molecule is COc1c(C)cnc(CSc2nnc(C(C)C)n2C)c1C. The van der Waals surface area contributed by atoms with Gasteiger partial charge in [-0.25, -0.2) is 0 Å². The van der Waals surface area contributed by atoms with Gasteiger partial charge in [0.1, 0.15) is 11.6 Å². The van der Waals surface area contributed by atoms with E-state index in [0.29, 0.717) is 5.92 Å². The Kier molecular flexibility index (Phi) is 4.88. The average Bonchev–Trinajstić information content (AvgIpc) is 2.80. The highest BCUT2D eigenvalue weighted by atomic mass is 32.2. The van der Waals surface area contributed by atoms with Gasteiger partial charge in [0.15, 0.2) is 5.16 Å². The first-order chi connectivity index (χ1) is 9.95. The molecule has 2 aromatic heterocycles. The lowest BCUT2D eigenvalue weighted by Gasteiger charge is -2.12. The van der Waals surface area contributed by atoms with Crippen molar-refractivity contribution in [3.05, 3.63) is 28.8 Å². The molecule has 2 rings (SSSR count). The van der Waals surface area contributed by atoms with Crippen LogP contribution in [0.3, 0.4) is 0 Å². The Balaban J connectivity index is 2.17. The maximum Gasteiger partial charge on any atom is 0.191 e. The third-order valence-electron chi connectivity index (χ3n) is 3.47. The lowest BCUT2D eigenvalue weighted by atomic mass is 10.1. The van der Waals surface area contributed by atoms with Gasteiger partial charge in [0.05, 0.1) is 12.8 Å². The molecule has 0 amide bonds. The van der Waals surface area contributed by atoms with E-state index in [4.69, 9.17) is 4.74 Å². The van der Waals surface area contributed by atoms with Gasteiger partial charge in [0.2, 0.25) is 0 Å². The fraction of sp³-hybridized carbons (Fsp3) is 0.533. The summed E-state index contributed by atoms with van der Waals surface area (Å²) in [5, 5.41) is 9.42. The Hall–Kier alpha value is -1.56. The minimum Gasteiger partial charge on any atom is -0.496 e. The van der Waals surface area contributed by atoms with Gasteiger partial charge in [-0.05, 0) is 13.8 Å². The van der Waals surface area contributed by atoms with Crippen LogP contribution in [0.5, 0.6) is 5.75 Å². The minimum absolute atomic E-state index is 0.371. The largest absolute Gasteiger partial charge is 0.496 e. The van der Waals surface area contributed by atoms with Crippen molar-refractivity contribution < 1.29 is 4.74 Å². The summed E-state index contributed by atoms with van der Waals surface area (Å²) in [6, 6.07) is 0. The van der Waals surface area contributed by atoms with Crippen molar-refractivity contribution in [1.29, 1.82) is 0 Å². The van der Waals surface area contributed by atoms with Crippen LogP contribution in [-0.2, 0) is 12.8 Å². The monoisotopic (exact) mass is 306 g/mol. The van der Waals surface area contributed by atoms with Gasteiger partial charge in [-0.2, -0.15) is 0 Å². The van der Waals surface area contributed by atoms with Gasteiger partial charge in [-0.15, -0.1) is 10.2 Å². The molecule has 2 aromatic rings. The first-order valence-corrected chi connectivity index (χ1v) is 7.95. The van der Waals surface area contributed by atoms with Crippen molar-refractivity contribution in [2.45, 2.75) is 44.5 Å². The van der Waals surface area contributed by atoms with Crippen LogP contribution in [0.25, 0.3) is 0 Å². The molecule has 21 heavy (non-hydrogen) atoms. The topological polar surface area (TPSA) is 52.8 Å². The van der Waals surface area contributed by atoms with Gasteiger partial charge >= 0.3 is 0 Å². The standard InChI is InChI=1S/C15H22N4OS/c1-9(2)14-17-18-15(19(14)5)21-8-12-11(4)13(20-6)10(3)7-16-12/h7,9H,8H2,1-6H3. The van der Waals surface area contributed by atoms with Crippen molar-refractivity contribution in [1.82, 2.24) is 19.7 Å². The van der Waals surface area contributed by atoms with Gasteiger partial charge < -0.3 is 9.30 Å². The third-order valence-corrected chi connectivity index (χ3v) is 4.50. The Morgan fingerprint density at radius 2 is 2.00 bits per heavy atom. The number of pyridine rings is 1. The Labute approximate surface area is 130 Å². The fourth-order valence-corrected chi connectivity index (χ4v) is 3.25. The average molecular weight is 306 g/mol. The Morgan fingerprint density at radius 1 is 1.29 bits per heavy atom. The van der Waals surface area contributed by atoms with E-state index in [2.05, 4.69) is 33.6 Å². The summed E-state index contributed by atoms with van der Waals surface area (Å²) in [5.41, 5.74) is 3.18. The van der Waals surface area contributed by atoms with Crippen molar-refractivity contribution in [2.75, 3.05) is 7.11 Å². The molecule has 6 heteroatoms. The lowest BCUT2D eigenvalue weighted by molar-refractivity contribution is 0.407. The maximum atomic E-state index is 5.45. The van der Waals surface area contributed by atoms with E-state index >= 15 is 0 Å². The van der Waals surface area contributed by atoms with E-state index in [-0.39, 0.29) is 0 Å². The molecule has 0 saturated carbocycles. The van der Waals surface area contributed by atoms with E-state index < -0.39 is 0 Å². The Bertz CT molecular complexity index is 637. The molecule has 0 bridgehead atoms. The summed E-state index contributed by atoms with van der Waals surface area (Å²) in [4.78, 5) is 4.51. The molecule has 114 valence electrons. The molecule has 0 fully saturated rings. The predicted octanol–water partition coefficient (Wildman–Crippen LogP) is 3.25. The zero-order valence-electron chi connectivity index (χ0n) is 13.5. The highest BCUT2D eigenvalue weighted by Crippen LogP contribution is 2.29. The van der Waals surface area contributed by atoms with Crippen LogP contribution in [0.4, 0.5) is 0 Å². The van der Waals surface area contributed by atoms with Crippen LogP contribution in [0.1, 0.15) is 42.4 Å². The summed E-state index contributed by atoms with van der Waals surface area (Å²) in [7, 11) is 3.71. The lowest BCUT2D eigenvalue weighted by Crippen LogP contribution is -2.02. The number of ether oxygens (including phenoxy) is 1. The van der Waals surface area contributed by atoms with Crippen LogP contribution < -0.4 is 4.74 Å². The highest BCUT2D eigenvalue weighted by molar-refractivity contribution is 7.98. The molecule has 5 nitrogen and oxygen atoms in total. The number of aryl methyl sites for hydroxylation is 1. The summed E-state index contributed by atoms with van der Waals surface area (Å²) >= 11 is 1.65. The van der Waals surface area contributed by atoms with Crippen LogP contribution in [0.15, 0.2) is 11.4 Å². The molecule has 0 aliphatic carbocycles. The van der Waals surface area contributed by atoms with Crippen LogP contribution in [-0.4, -0.2) is 26.9 Å². The molecule has 0 unspecified atom stereocenters. The van der Waals surface area contributed by atoms with Crippen molar-refractivity contribution in [3.8, 4) is 5.75 Å². The number of hydrogen-bond acceptors (Lipinski definition) is 5. The van der Waals surface area contributed by atoms with Gasteiger partial charge in [-0.1, -0.05) is 25.6 Å². The number of thioether (sulfide) groups is 1. The first kappa shape index (κ1) is 15.8. The Morgan fingerprint density at radius 3 is 2.57 bits per heavy atom. The maximum absolute atomic E-state index is 5.45. The van der Waals surface area contributed by atoms with Crippen molar-refractivity contribution in [2.24, 2.45) is 7.05 Å². The molecule has 0 radical (unpaired) electrons. The minimum atomic E-state index is 0.371. The number of aromatic nitrogens is 4. The van der Waals surface area contributed by atoms with Crippen LogP contribution in [0, 0.1) is 13.8 Å². The normalized spacial score (nSPS) is 11.2. The van der Waals surface area contributed by atoms with Crippen LogP contribution in [0.2, 0.25) is 0 Å². The fourth-order valence-electron chi connectivity index (χ4n) is 2.30. The summed E-state index contributed by atoms with van der Waals surface area (Å²) in [6.07, 6.45) is 1.86. The second-order valence-electron chi connectivity index (χ2n) is 5.39. The molecular weight excluding hydrogens is 284 g/mol. The summed E-state index contributed by atoms with van der Waals surface area (Å²) in [6.45, 7) is 8.29. The third kappa shape index (κ3) is 3.20. The first-order valence-electron chi connectivity index (χ1n) is 6.96. The van der Waals surface area contributed by atoms with Gasteiger partial charge in [-0.3, -0.25) is 4.98 Å². The second kappa shape index (κ2) is 6.47. The van der Waals surface area contributed by atoms with Crippen molar-refractivity contribution in [3.63, 3.8) is 0 Å². The van der Waals surface area contributed by atoms with E-state index in [1.54, 1.807) is 18.9 Å².